The van der Waals surface area contributed by atoms with Crippen molar-refractivity contribution in [2.75, 3.05) is 0 Å². The van der Waals surface area contributed by atoms with Gasteiger partial charge in [0.2, 0.25) is 0 Å². The van der Waals surface area contributed by atoms with E-state index < -0.39 is 0 Å². The van der Waals surface area contributed by atoms with Gasteiger partial charge in [0, 0.05) is 17.5 Å². The minimum Gasteiger partial charge on any atom is -0.508 e. The van der Waals surface area contributed by atoms with Gasteiger partial charge in [-0.2, -0.15) is 0 Å². The first-order chi connectivity index (χ1) is 7.84. The van der Waals surface area contributed by atoms with Gasteiger partial charge >= 0.3 is 0 Å². The van der Waals surface area contributed by atoms with Crippen molar-refractivity contribution >= 4 is 0 Å². The van der Waals surface area contributed by atoms with Crippen molar-refractivity contribution in [1.82, 2.24) is 9.97 Å². The molecular weight excluding hydrogens is 200 g/mol. The summed E-state index contributed by atoms with van der Waals surface area (Å²) >= 11 is 0. The van der Waals surface area contributed by atoms with Gasteiger partial charge in [0.1, 0.15) is 5.75 Å². The van der Waals surface area contributed by atoms with Crippen LogP contribution in [0.2, 0.25) is 0 Å². The number of nitrogens with zero attached hydrogens (tertiary/aromatic N) is 1. The SMILES string of the molecule is Oc1cccc2c1C(Cc1cnc[nH]1)CC2. The van der Waals surface area contributed by atoms with E-state index in [1.807, 2.05) is 12.3 Å². The first kappa shape index (κ1) is 9.46. The van der Waals surface area contributed by atoms with E-state index in [4.69, 9.17) is 0 Å². The van der Waals surface area contributed by atoms with Crippen molar-refractivity contribution in [2.24, 2.45) is 0 Å². The molecule has 0 amide bonds. The number of aromatic nitrogens is 2. The Kier molecular flexibility index (Phi) is 2.17. The number of aryl methyl sites for hydroxylation is 1. The van der Waals surface area contributed by atoms with Crippen molar-refractivity contribution < 1.29 is 5.11 Å². The highest BCUT2D eigenvalue weighted by atomic mass is 16.3. The largest absolute Gasteiger partial charge is 0.508 e. The van der Waals surface area contributed by atoms with Gasteiger partial charge in [0.15, 0.2) is 0 Å². The number of aromatic amines is 1. The summed E-state index contributed by atoms with van der Waals surface area (Å²) in [6, 6.07) is 5.82. The van der Waals surface area contributed by atoms with Gasteiger partial charge in [-0.15, -0.1) is 0 Å². The number of imidazole rings is 1. The molecule has 0 spiro atoms. The lowest BCUT2D eigenvalue weighted by atomic mass is 9.96. The number of phenols is 1. The quantitative estimate of drug-likeness (QED) is 0.806. The summed E-state index contributed by atoms with van der Waals surface area (Å²) in [5.74, 6) is 0.871. The zero-order valence-electron chi connectivity index (χ0n) is 8.98. The molecule has 1 aromatic heterocycles. The molecule has 1 unspecified atom stereocenters. The number of H-pyrrole nitrogens is 1. The molecule has 1 heterocycles. The number of hydrogen-bond donors (Lipinski definition) is 2. The van der Waals surface area contributed by atoms with Crippen LogP contribution >= 0.6 is 0 Å². The highest BCUT2D eigenvalue weighted by Crippen LogP contribution is 2.40. The monoisotopic (exact) mass is 214 g/mol. The van der Waals surface area contributed by atoms with E-state index in [9.17, 15) is 5.11 Å². The second kappa shape index (κ2) is 3.67. The average molecular weight is 214 g/mol. The number of benzene rings is 1. The second-order valence-corrected chi connectivity index (χ2v) is 4.37. The predicted molar refractivity (Wildman–Crippen MR) is 61.5 cm³/mol. The standard InChI is InChI=1S/C13H14N2O/c16-12-3-1-2-9-4-5-10(13(9)12)6-11-7-14-8-15-11/h1-3,7-8,10,16H,4-6H2,(H,14,15). The Morgan fingerprint density at radius 3 is 3.19 bits per heavy atom. The Bertz CT molecular complexity index is 491. The minimum absolute atomic E-state index is 0.427. The fraction of sp³-hybridized carbons (Fsp3) is 0.308. The van der Waals surface area contributed by atoms with Crippen molar-refractivity contribution in [1.29, 1.82) is 0 Å². The Balaban J connectivity index is 1.91. The molecule has 0 aliphatic heterocycles. The molecule has 1 aliphatic rings. The van der Waals surface area contributed by atoms with Crippen LogP contribution in [-0.4, -0.2) is 15.1 Å². The van der Waals surface area contributed by atoms with E-state index >= 15 is 0 Å². The summed E-state index contributed by atoms with van der Waals surface area (Å²) in [5, 5.41) is 9.90. The van der Waals surface area contributed by atoms with Gasteiger partial charge in [0.05, 0.1) is 6.33 Å². The molecule has 0 bridgehead atoms. The van der Waals surface area contributed by atoms with Crippen LogP contribution in [0.25, 0.3) is 0 Å². The molecule has 0 saturated heterocycles. The Labute approximate surface area is 94.2 Å². The van der Waals surface area contributed by atoms with Crippen LogP contribution in [0, 0.1) is 0 Å². The Hall–Kier alpha value is -1.77. The van der Waals surface area contributed by atoms with Gasteiger partial charge in [0.25, 0.3) is 0 Å². The van der Waals surface area contributed by atoms with Crippen LogP contribution in [-0.2, 0) is 12.8 Å². The van der Waals surface area contributed by atoms with Crippen molar-refractivity contribution in [3.63, 3.8) is 0 Å². The molecule has 1 aromatic carbocycles. The number of aromatic hydroxyl groups is 1. The lowest BCUT2D eigenvalue weighted by Gasteiger charge is -2.11. The summed E-state index contributed by atoms with van der Waals surface area (Å²) < 4.78 is 0. The second-order valence-electron chi connectivity index (χ2n) is 4.37. The van der Waals surface area contributed by atoms with Crippen molar-refractivity contribution in [2.45, 2.75) is 25.2 Å². The third kappa shape index (κ3) is 1.48. The van der Waals surface area contributed by atoms with Gasteiger partial charge in [-0.25, -0.2) is 4.98 Å². The highest BCUT2D eigenvalue weighted by Gasteiger charge is 2.25. The first-order valence-corrected chi connectivity index (χ1v) is 5.62. The molecule has 2 aromatic rings. The number of rotatable bonds is 2. The summed E-state index contributed by atoms with van der Waals surface area (Å²) in [6.45, 7) is 0. The van der Waals surface area contributed by atoms with E-state index in [0.29, 0.717) is 11.7 Å². The molecule has 3 nitrogen and oxygen atoms in total. The van der Waals surface area contributed by atoms with E-state index in [0.717, 1.165) is 30.5 Å². The molecule has 1 atom stereocenters. The van der Waals surface area contributed by atoms with Crippen LogP contribution < -0.4 is 0 Å². The van der Waals surface area contributed by atoms with Gasteiger partial charge in [-0.1, -0.05) is 12.1 Å². The minimum atomic E-state index is 0.427. The number of fused-ring (bicyclic) bond motifs is 1. The van der Waals surface area contributed by atoms with Gasteiger partial charge < -0.3 is 10.1 Å². The molecule has 2 N–H and O–H groups in total. The molecule has 0 fully saturated rings. The third-order valence-electron chi connectivity index (χ3n) is 3.36. The fourth-order valence-corrected chi connectivity index (χ4v) is 2.63. The average Bonchev–Trinajstić information content (AvgIpc) is 2.90. The number of hydrogen-bond acceptors (Lipinski definition) is 2. The van der Waals surface area contributed by atoms with Crippen molar-refractivity contribution in [3.8, 4) is 5.75 Å². The molecule has 1 aliphatic carbocycles. The van der Waals surface area contributed by atoms with Crippen molar-refractivity contribution in [3.05, 3.63) is 47.5 Å². The summed E-state index contributed by atoms with van der Waals surface area (Å²) in [7, 11) is 0. The van der Waals surface area contributed by atoms with Crippen LogP contribution in [0.5, 0.6) is 5.75 Å². The maximum absolute atomic E-state index is 9.90. The molecular formula is C13H14N2O. The van der Waals surface area contributed by atoms with Gasteiger partial charge in [-0.3, -0.25) is 0 Å². The smallest absolute Gasteiger partial charge is 0.119 e. The predicted octanol–water partition coefficient (Wildman–Crippen LogP) is 2.39. The van der Waals surface area contributed by atoms with Crippen LogP contribution in [0.4, 0.5) is 0 Å². The third-order valence-corrected chi connectivity index (χ3v) is 3.36. The normalized spacial score (nSPS) is 18.6. The van der Waals surface area contributed by atoms with Crippen LogP contribution in [0.3, 0.4) is 0 Å². The summed E-state index contributed by atoms with van der Waals surface area (Å²) in [6.07, 6.45) is 6.69. The van der Waals surface area contributed by atoms with Crippen LogP contribution in [0.15, 0.2) is 30.7 Å². The highest BCUT2D eigenvalue weighted by molar-refractivity contribution is 5.45. The fourth-order valence-electron chi connectivity index (χ4n) is 2.63. The van der Waals surface area contributed by atoms with E-state index in [-0.39, 0.29) is 0 Å². The van der Waals surface area contributed by atoms with Gasteiger partial charge in [-0.05, 0) is 36.8 Å². The summed E-state index contributed by atoms with van der Waals surface area (Å²) in [5.41, 5.74) is 3.57. The van der Waals surface area contributed by atoms with E-state index in [2.05, 4.69) is 16.0 Å². The molecule has 0 saturated carbocycles. The molecule has 3 heteroatoms. The molecule has 0 radical (unpaired) electrons. The van der Waals surface area contributed by atoms with E-state index in [1.54, 1.807) is 12.4 Å². The topological polar surface area (TPSA) is 48.9 Å². The first-order valence-electron chi connectivity index (χ1n) is 5.62. The Morgan fingerprint density at radius 1 is 1.44 bits per heavy atom. The molecule has 16 heavy (non-hydrogen) atoms. The zero-order chi connectivity index (χ0) is 11.0. The summed E-state index contributed by atoms with van der Waals surface area (Å²) in [4.78, 5) is 7.15. The zero-order valence-corrected chi connectivity index (χ0v) is 8.98. The number of nitrogens with one attached hydrogen (secondary N) is 1. The maximum atomic E-state index is 9.90. The lowest BCUT2D eigenvalue weighted by molar-refractivity contribution is 0.462. The number of phenolic OH excluding ortho intramolecular Hbond substituents is 1. The van der Waals surface area contributed by atoms with Crippen LogP contribution in [0.1, 0.15) is 29.2 Å². The maximum Gasteiger partial charge on any atom is 0.119 e. The molecule has 82 valence electrons. The Morgan fingerprint density at radius 2 is 2.38 bits per heavy atom. The lowest BCUT2D eigenvalue weighted by Crippen LogP contribution is -1.99. The van der Waals surface area contributed by atoms with E-state index in [1.165, 1.54) is 5.56 Å². The molecule has 3 rings (SSSR count).